The van der Waals surface area contributed by atoms with E-state index in [4.69, 9.17) is 9.84 Å². The van der Waals surface area contributed by atoms with Gasteiger partial charge in [-0.05, 0) is 17.7 Å². The van der Waals surface area contributed by atoms with Crippen LogP contribution in [0.5, 0.6) is 0 Å². The second kappa shape index (κ2) is 6.02. The van der Waals surface area contributed by atoms with Gasteiger partial charge in [0.2, 0.25) is 0 Å². The number of ether oxygens (including phenoxy) is 1. The van der Waals surface area contributed by atoms with Gasteiger partial charge in [0, 0.05) is 31.6 Å². The van der Waals surface area contributed by atoms with Crippen molar-refractivity contribution in [2.24, 2.45) is 0 Å². The Labute approximate surface area is 116 Å². The SMILES string of the molecule is O=C(NC1(C(=O)O)CCOCC1)c1ccc(CO)cc1. The Morgan fingerprint density at radius 3 is 2.30 bits per heavy atom. The molecule has 108 valence electrons. The van der Waals surface area contributed by atoms with Crippen molar-refractivity contribution in [1.29, 1.82) is 0 Å². The van der Waals surface area contributed by atoms with E-state index in [0.717, 1.165) is 0 Å². The number of rotatable bonds is 4. The van der Waals surface area contributed by atoms with Crippen LogP contribution in [0.1, 0.15) is 28.8 Å². The van der Waals surface area contributed by atoms with Gasteiger partial charge in [-0.15, -0.1) is 0 Å². The Balaban J connectivity index is 2.13. The molecule has 0 bridgehead atoms. The van der Waals surface area contributed by atoms with Crippen molar-refractivity contribution >= 4 is 11.9 Å². The Kier molecular flexibility index (Phi) is 4.36. The highest BCUT2D eigenvalue weighted by molar-refractivity contribution is 5.97. The molecule has 0 atom stereocenters. The molecule has 1 fully saturated rings. The lowest BCUT2D eigenvalue weighted by molar-refractivity contribution is -0.148. The summed E-state index contributed by atoms with van der Waals surface area (Å²) in [6.45, 7) is 0.532. The number of nitrogens with one attached hydrogen (secondary N) is 1. The van der Waals surface area contributed by atoms with E-state index in [1.165, 1.54) is 0 Å². The van der Waals surface area contributed by atoms with Gasteiger partial charge >= 0.3 is 5.97 Å². The second-order valence-corrected chi connectivity index (χ2v) is 4.81. The Morgan fingerprint density at radius 2 is 1.80 bits per heavy atom. The van der Waals surface area contributed by atoms with Crippen molar-refractivity contribution in [3.63, 3.8) is 0 Å². The molecule has 1 aromatic rings. The minimum Gasteiger partial charge on any atom is -0.480 e. The molecule has 2 rings (SSSR count). The number of carboxylic acids is 1. The number of hydrogen-bond acceptors (Lipinski definition) is 4. The van der Waals surface area contributed by atoms with Crippen LogP contribution in [-0.4, -0.2) is 40.8 Å². The van der Waals surface area contributed by atoms with Crippen LogP contribution >= 0.6 is 0 Å². The number of carboxylic acid groups (broad SMARTS) is 1. The van der Waals surface area contributed by atoms with Crippen LogP contribution in [0.15, 0.2) is 24.3 Å². The average molecular weight is 279 g/mol. The molecule has 0 aromatic heterocycles. The predicted octanol–water partition coefficient (Wildman–Crippen LogP) is 0.542. The summed E-state index contributed by atoms with van der Waals surface area (Å²) in [5.74, 6) is -1.47. The van der Waals surface area contributed by atoms with Crippen LogP contribution in [0.3, 0.4) is 0 Å². The summed E-state index contributed by atoms with van der Waals surface area (Å²) in [6, 6.07) is 6.39. The fraction of sp³-hybridized carbons (Fsp3) is 0.429. The van der Waals surface area contributed by atoms with Crippen LogP contribution in [0.4, 0.5) is 0 Å². The number of aliphatic carboxylic acids is 1. The van der Waals surface area contributed by atoms with Crippen LogP contribution < -0.4 is 5.32 Å². The molecule has 20 heavy (non-hydrogen) atoms. The van der Waals surface area contributed by atoms with Crippen LogP contribution in [0.2, 0.25) is 0 Å². The summed E-state index contributed by atoms with van der Waals surface area (Å²) in [5, 5.41) is 20.9. The molecule has 6 nitrogen and oxygen atoms in total. The van der Waals surface area contributed by atoms with E-state index in [-0.39, 0.29) is 19.4 Å². The molecule has 3 N–H and O–H groups in total. The third kappa shape index (κ3) is 2.97. The van der Waals surface area contributed by atoms with Gasteiger partial charge in [0.25, 0.3) is 5.91 Å². The molecule has 0 spiro atoms. The number of hydrogen-bond donors (Lipinski definition) is 3. The number of benzene rings is 1. The molecule has 1 aromatic carbocycles. The van der Waals surface area contributed by atoms with Crippen molar-refractivity contribution in [2.45, 2.75) is 25.0 Å². The maximum Gasteiger partial charge on any atom is 0.329 e. The summed E-state index contributed by atoms with van der Waals surface area (Å²) < 4.78 is 5.15. The molecule has 1 saturated heterocycles. The van der Waals surface area contributed by atoms with E-state index in [1.807, 2.05) is 0 Å². The number of amides is 1. The van der Waals surface area contributed by atoms with Crippen molar-refractivity contribution < 1.29 is 24.5 Å². The molecule has 6 heteroatoms. The summed E-state index contributed by atoms with van der Waals surface area (Å²) in [4.78, 5) is 23.6. The first-order chi connectivity index (χ1) is 9.57. The summed E-state index contributed by atoms with van der Waals surface area (Å²) in [6.07, 6.45) is 0.506. The van der Waals surface area contributed by atoms with Crippen molar-refractivity contribution in [3.8, 4) is 0 Å². The molecular weight excluding hydrogens is 262 g/mol. The monoisotopic (exact) mass is 279 g/mol. The van der Waals surface area contributed by atoms with Gasteiger partial charge in [-0.1, -0.05) is 12.1 Å². The summed E-state index contributed by atoms with van der Waals surface area (Å²) in [5.41, 5.74) is -0.194. The second-order valence-electron chi connectivity index (χ2n) is 4.81. The number of carbonyl (C=O) groups excluding carboxylic acids is 1. The van der Waals surface area contributed by atoms with Crippen LogP contribution in [-0.2, 0) is 16.1 Å². The minimum atomic E-state index is -1.26. The van der Waals surface area contributed by atoms with E-state index in [9.17, 15) is 14.7 Å². The molecule has 1 amide bonds. The minimum absolute atomic E-state index is 0.0989. The third-order valence-electron chi connectivity index (χ3n) is 3.51. The number of aliphatic hydroxyl groups excluding tert-OH is 1. The van der Waals surface area contributed by atoms with Crippen LogP contribution in [0.25, 0.3) is 0 Å². The first-order valence-electron chi connectivity index (χ1n) is 6.41. The topological polar surface area (TPSA) is 95.9 Å². The largest absolute Gasteiger partial charge is 0.480 e. The van der Waals surface area contributed by atoms with Gasteiger partial charge in [-0.2, -0.15) is 0 Å². The quantitative estimate of drug-likeness (QED) is 0.747. The van der Waals surface area contributed by atoms with Crippen molar-refractivity contribution in [2.75, 3.05) is 13.2 Å². The molecule has 1 heterocycles. The smallest absolute Gasteiger partial charge is 0.329 e. The molecule has 0 radical (unpaired) electrons. The van der Waals surface area contributed by atoms with E-state index in [2.05, 4.69) is 5.32 Å². The van der Waals surface area contributed by atoms with Gasteiger partial charge in [0.05, 0.1) is 6.61 Å². The van der Waals surface area contributed by atoms with Crippen LogP contribution in [0, 0.1) is 0 Å². The molecular formula is C14H17NO5. The zero-order valence-corrected chi connectivity index (χ0v) is 11.0. The maximum absolute atomic E-state index is 12.1. The first-order valence-corrected chi connectivity index (χ1v) is 6.41. The summed E-state index contributed by atoms with van der Waals surface area (Å²) >= 11 is 0. The third-order valence-corrected chi connectivity index (χ3v) is 3.51. The first kappa shape index (κ1) is 14.5. The molecule has 1 aliphatic heterocycles. The number of carbonyl (C=O) groups is 2. The standard InChI is InChI=1S/C14H17NO5/c16-9-10-1-3-11(4-2-10)12(17)15-14(13(18)19)5-7-20-8-6-14/h1-4,16H,5-9H2,(H,15,17)(H,18,19). The van der Waals surface area contributed by atoms with E-state index < -0.39 is 17.4 Å². The van der Waals surface area contributed by atoms with Gasteiger partial charge < -0.3 is 20.3 Å². The van der Waals surface area contributed by atoms with E-state index >= 15 is 0 Å². The zero-order valence-electron chi connectivity index (χ0n) is 11.0. The average Bonchev–Trinajstić information content (AvgIpc) is 2.48. The molecule has 0 unspecified atom stereocenters. The van der Waals surface area contributed by atoms with E-state index in [1.54, 1.807) is 24.3 Å². The lowest BCUT2D eigenvalue weighted by atomic mass is 9.89. The summed E-state index contributed by atoms with van der Waals surface area (Å²) in [7, 11) is 0. The Morgan fingerprint density at radius 1 is 1.20 bits per heavy atom. The lowest BCUT2D eigenvalue weighted by Crippen LogP contribution is -2.57. The fourth-order valence-electron chi connectivity index (χ4n) is 2.16. The number of aliphatic hydroxyl groups is 1. The van der Waals surface area contributed by atoms with Gasteiger partial charge in [0.1, 0.15) is 5.54 Å². The fourth-order valence-corrected chi connectivity index (χ4v) is 2.16. The Hall–Kier alpha value is -1.92. The molecule has 0 saturated carbocycles. The predicted molar refractivity (Wildman–Crippen MR) is 70.3 cm³/mol. The van der Waals surface area contributed by atoms with Crippen molar-refractivity contribution in [3.05, 3.63) is 35.4 Å². The van der Waals surface area contributed by atoms with E-state index in [0.29, 0.717) is 24.3 Å². The molecule has 0 aliphatic carbocycles. The molecule has 1 aliphatic rings. The highest BCUT2D eigenvalue weighted by Crippen LogP contribution is 2.21. The Bertz CT molecular complexity index is 491. The highest BCUT2D eigenvalue weighted by atomic mass is 16.5. The van der Waals surface area contributed by atoms with Crippen molar-refractivity contribution in [1.82, 2.24) is 5.32 Å². The van der Waals surface area contributed by atoms with Gasteiger partial charge in [-0.3, -0.25) is 4.79 Å². The van der Waals surface area contributed by atoms with Gasteiger partial charge in [-0.25, -0.2) is 4.79 Å². The maximum atomic E-state index is 12.1. The van der Waals surface area contributed by atoms with Gasteiger partial charge in [0.15, 0.2) is 0 Å². The zero-order chi connectivity index (χ0) is 14.6. The normalized spacial score (nSPS) is 17.4. The highest BCUT2D eigenvalue weighted by Gasteiger charge is 2.41. The lowest BCUT2D eigenvalue weighted by Gasteiger charge is -2.33.